The van der Waals surface area contributed by atoms with Crippen LogP contribution in [0.25, 0.3) is 0 Å². The number of hydrogen-bond acceptors (Lipinski definition) is 7. The Morgan fingerprint density at radius 2 is 1.85 bits per heavy atom. The number of nitriles is 1. The van der Waals surface area contributed by atoms with Crippen LogP contribution in [0.1, 0.15) is 42.3 Å². The van der Waals surface area contributed by atoms with Crippen LogP contribution in [0.5, 0.6) is 0 Å². The lowest BCUT2D eigenvalue weighted by atomic mass is 10.0. The van der Waals surface area contributed by atoms with E-state index in [1.807, 2.05) is 75.4 Å². The van der Waals surface area contributed by atoms with Crippen molar-refractivity contribution < 1.29 is 19.1 Å². The lowest BCUT2D eigenvalue weighted by Crippen LogP contribution is -2.39. The highest BCUT2D eigenvalue weighted by molar-refractivity contribution is 8.00. The molecule has 0 radical (unpaired) electrons. The highest BCUT2D eigenvalue weighted by Gasteiger charge is 2.30. The van der Waals surface area contributed by atoms with Gasteiger partial charge in [-0.05, 0) is 56.5 Å². The van der Waals surface area contributed by atoms with E-state index in [1.165, 1.54) is 23.1 Å². The number of ether oxygens (including phenoxy) is 1. The number of hydrogen-bond donors (Lipinski definition) is 2. The Balaban J connectivity index is 1.33. The molecule has 0 aliphatic carbocycles. The van der Waals surface area contributed by atoms with E-state index in [9.17, 15) is 19.6 Å². The number of benzene rings is 2. The van der Waals surface area contributed by atoms with Crippen molar-refractivity contribution in [3.05, 3.63) is 76.2 Å². The summed E-state index contributed by atoms with van der Waals surface area (Å²) in [6.07, 6.45) is 0.421. The Hall–Kier alpha value is -3.81. The molecule has 2 heterocycles. The minimum Gasteiger partial charge on any atom is -0.444 e. The van der Waals surface area contributed by atoms with Crippen molar-refractivity contribution in [3.63, 3.8) is 0 Å². The molecule has 0 saturated heterocycles. The third-order valence-electron chi connectivity index (χ3n) is 5.77. The van der Waals surface area contributed by atoms with E-state index < -0.39 is 5.60 Å². The van der Waals surface area contributed by atoms with Crippen LogP contribution in [-0.4, -0.2) is 40.7 Å². The summed E-state index contributed by atoms with van der Waals surface area (Å²) in [5.41, 5.74) is 2.34. The fourth-order valence-corrected chi connectivity index (χ4v) is 6.04. The number of carbonyl (C=O) groups is 3. The van der Waals surface area contributed by atoms with Crippen molar-refractivity contribution in [2.45, 2.75) is 50.7 Å². The number of carbonyl (C=O) groups excluding carboxylic acids is 3. The van der Waals surface area contributed by atoms with Gasteiger partial charge in [-0.2, -0.15) is 5.26 Å². The predicted octanol–water partition coefficient (Wildman–Crippen LogP) is 5.82. The number of nitrogens with zero attached hydrogens (tertiary/aromatic N) is 2. The SMILES string of the molecule is CC(C)(C)OC(=O)N1CCc2c(sc(NC(=O)CSc3cccc(NC(=O)Cc4ccccc4)c3)c2C#N)C1. The van der Waals surface area contributed by atoms with Gasteiger partial charge in [-0.25, -0.2) is 4.79 Å². The highest BCUT2D eigenvalue weighted by Crippen LogP contribution is 2.37. The first-order valence-electron chi connectivity index (χ1n) is 12.5. The molecule has 4 rings (SSSR count). The van der Waals surface area contributed by atoms with Crippen molar-refractivity contribution in [1.82, 2.24) is 4.90 Å². The summed E-state index contributed by atoms with van der Waals surface area (Å²) < 4.78 is 5.48. The van der Waals surface area contributed by atoms with Crippen LogP contribution in [-0.2, 0) is 33.7 Å². The average Bonchev–Trinajstić information content (AvgIpc) is 3.23. The van der Waals surface area contributed by atoms with Crippen LogP contribution in [0.4, 0.5) is 15.5 Å². The lowest BCUT2D eigenvalue weighted by molar-refractivity contribution is -0.115. The van der Waals surface area contributed by atoms with Crippen LogP contribution in [0.2, 0.25) is 0 Å². The molecule has 0 bridgehead atoms. The zero-order chi connectivity index (χ0) is 28.0. The summed E-state index contributed by atoms with van der Waals surface area (Å²) >= 11 is 2.66. The topological polar surface area (TPSA) is 112 Å². The quantitative estimate of drug-likeness (QED) is 0.351. The lowest BCUT2D eigenvalue weighted by Gasteiger charge is -2.29. The second-order valence-corrected chi connectivity index (χ2v) is 12.2. The molecule has 3 amide bonds. The van der Waals surface area contributed by atoms with Gasteiger partial charge in [0.05, 0.1) is 24.3 Å². The van der Waals surface area contributed by atoms with Gasteiger partial charge in [-0.15, -0.1) is 23.1 Å². The van der Waals surface area contributed by atoms with E-state index in [-0.39, 0.29) is 30.1 Å². The van der Waals surface area contributed by atoms with Crippen LogP contribution in [0.3, 0.4) is 0 Å². The molecule has 0 fully saturated rings. The molecule has 8 nitrogen and oxygen atoms in total. The fourth-order valence-electron chi connectivity index (χ4n) is 4.05. The van der Waals surface area contributed by atoms with Crippen LogP contribution >= 0.6 is 23.1 Å². The minimum atomic E-state index is -0.589. The standard InChI is InChI=1S/C29H30N4O4S2/c1-29(2,3)37-28(36)33-13-12-22-23(16-30)27(39-24(22)17-33)32-26(35)18-38-21-11-7-10-20(15-21)31-25(34)14-19-8-5-4-6-9-19/h4-11,15H,12-14,17-18H2,1-3H3,(H,31,34)(H,32,35). The van der Waals surface area contributed by atoms with Crippen molar-refractivity contribution in [2.24, 2.45) is 0 Å². The number of nitrogens with one attached hydrogen (secondary N) is 2. The molecule has 0 atom stereocenters. The molecule has 39 heavy (non-hydrogen) atoms. The van der Waals surface area contributed by atoms with Gasteiger partial charge in [0.25, 0.3) is 0 Å². The van der Waals surface area contributed by atoms with Crippen molar-refractivity contribution in [2.75, 3.05) is 22.9 Å². The van der Waals surface area contributed by atoms with E-state index in [0.29, 0.717) is 35.8 Å². The van der Waals surface area contributed by atoms with Gasteiger partial charge in [0.2, 0.25) is 11.8 Å². The van der Waals surface area contributed by atoms with Crippen molar-refractivity contribution in [3.8, 4) is 6.07 Å². The molecule has 1 aliphatic rings. The number of thiophene rings is 1. The van der Waals surface area contributed by atoms with E-state index in [0.717, 1.165) is 20.9 Å². The first-order valence-corrected chi connectivity index (χ1v) is 14.3. The zero-order valence-corrected chi connectivity index (χ0v) is 23.7. The fraction of sp³-hybridized carbons (Fsp3) is 0.310. The van der Waals surface area contributed by atoms with E-state index in [4.69, 9.17) is 4.74 Å². The monoisotopic (exact) mass is 562 g/mol. The Bertz CT molecular complexity index is 1410. The van der Waals surface area contributed by atoms with E-state index in [1.54, 1.807) is 4.90 Å². The molecule has 2 N–H and O–H groups in total. The maximum Gasteiger partial charge on any atom is 0.410 e. The molecule has 0 spiro atoms. The Labute approximate surface area is 236 Å². The van der Waals surface area contributed by atoms with Gasteiger partial charge in [0, 0.05) is 22.0 Å². The van der Waals surface area contributed by atoms with Crippen molar-refractivity contribution in [1.29, 1.82) is 5.26 Å². The molecule has 2 aromatic carbocycles. The highest BCUT2D eigenvalue weighted by atomic mass is 32.2. The third kappa shape index (κ3) is 7.85. The maximum atomic E-state index is 12.8. The molecule has 0 saturated carbocycles. The van der Waals surface area contributed by atoms with Gasteiger partial charge in [0.1, 0.15) is 16.7 Å². The molecule has 202 valence electrons. The molecule has 1 aromatic heterocycles. The van der Waals surface area contributed by atoms with Crippen LogP contribution in [0.15, 0.2) is 59.5 Å². The Kier molecular flexibility index (Phi) is 8.94. The third-order valence-corrected chi connectivity index (χ3v) is 7.89. The molecular weight excluding hydrogens is 532 g/mol. The normalized spacial score (nSPS) is 12.7. The molecule has 1 aliphatic heterocycles. The summed E-state index contributed by atoms with van der Waals surface area (Å²) in [4.78, 5) is 41.0. The zero-order valence-electron chi connectivity index (χ0n) is 22.1. The second-order valence-electron chi connectivity index (χ2n) is 10.0. The average molecular weight is 563 g/mol. The Morgan fingerprint density at radius 1 is 1.08 bits per heavy atom. The van der Waals surface area contributed by atoms with E-state index >= 15 is 0 Å². The number of anilines is 2. The predicted molar refractivity (Wildman–Crippen MR) is 154 cm³/mol. The van der Waals surface area contributed by atoms with Gasteiger partial charge >= 0.3 is 6.09 Å². The smallest absolute Gasteiger partial charge is 0.410 e. The van der Waals surface area contributed by atoms with Gasteiger partial charge in [-0.1, -0.05) is 36.4 Å². The second kappa shape index (κ2) is 12.4. The van der Waals surface area contributed by atoms with Crippen LogP contribution < -0.4 is 10.6 Å². The number of rotatable bonds is 7. The van der Waals surface area contributed by atoms with Gasteiger partial charge in [-0.3, -0.25) is 9.59 Å². The largest absolute Gasteiger partial charge is 0.444 e. The number of thioether (sulfide) groups is 1. The van der Waals surface area contributed by atoms with E-state index in [2.05, 4.69) is 16.7 Å². The Morgan fingerprint density at radius 3 is 2.56 bits per heavy atom. The number of amides is 3. The maximum absolute atomic E-state index is 12.8. The summed E-state index contributed by atoms with van der Waals surface area (Å²) in [7, 11) is 0. The summed E-state index contributed by atoms with van der Waals surface area (Å²) in [6.45, 7) is 6.27. The molecule has 0 unspecified atom stereocenters. The molecule has 3 aromatic rings. The first-order chi connectivity index (χ1) is 18.6. The van der Waals surface area contributed by atoms with Gasteiger partial charge < -0.3 is 20.3 Å². The first kappa shape index (κ1) is 28.2. The minimum absolute atomic E-state index is 0.114. The molecule has 10 heteroatoms. The summed E-state index contributed by atoms with van der Waals surface area (Å²) in [5.74, 6) is -0.214. The van der Waals surface area contributed by atoms with Crippen LogP contribution in [0, 0.1) is 11.3 Å². The molecular formula is C29H30N4O4S2. The number of fused-ring (bicyclic) bond motifs is 1. The summed E-state index contributed by atoms with van der Waals surface area (Å²) in [5, 5.41) is 16.0. The van der Waals surface area contributed by atoms with Crippen molar-refractivity contribution >= 4 is 51.7 Å². The van der Waals surface area contributed by atoms with Gasteiger partial charge in [0.15, 0.2) is 0 Å². The summed E-state index contributed by atoms with van der Waals surface area (Å²) in [6, 6.07) is 19.1.